The van der Waals surface area contributed by atoms with Crippen LogP contribution in [0.15, 0.2) is 170 Å². The number of nitrogens with one attached hydrogen (secondary N) is 1. The van der Waals surface area contributed by atoms with Gasteiger partial charge in [-0.1, -0.05) is 97.9 Å². The Bertz CT molecular complexity index is 5800. The molecular weight excluding hydrogens is 1550 g/mol. The molecule has 6 aliphatic rings. The van der Waals surface area contributed by atoms with Gasteiger partial charge in [-0.2, -0.15) is 0 Å². The van der Waals surface area contributed by atoms with Crippen molar-refractivity contribution in [2.24, 2.45) is 0 Å². The van der Waals surface area contributed by atoms with Crippen LogP contribution in [0, 0.1) is 33.9 Å². The molecule has 2 amide bonds. The summed E-state index contributed by atoms with van der Waals surface area (Å²) in [4.78, 5) is 106. The smallest absolute Gasteiger partial charge is 0.230 e. The lowest BCUT2D eigenvalue weighted by molar-refractivity contribution is -0.129. The van der Waals surface area contributed by atoms with E-state index in [1.165, 1.54) is 38.5 Å². The van der Waals surface area contributed by atoms with Gasteiger partial charge in [-0.25, -0.2) is 9.69 Å². The number of likely N-dealkylation sites (tertiary alicyclic amines) is 4. The molecule has 18 rings (SSSR count). The number of pyridine rings is 2. The zero-order chi connectivity index (χ0) is 85.3. The zero-order valence-corrected chi connectivity index (χ0v) is 71.4. The standard InChI is InChI=1S/2C28H31N5O2.C22H25N3O.C21H21ClN2O2/c1-19-27(25(34)18-32-13-5-4-6-14-32)28-24(33(19)23-9-7-21(29-2)8-10-23)15-20(17-30-28)16-26(35)31(3)22-11-12-22;1-4-30-27(35)28(12-13-28)20-16-23-26(31-17-20)25(24(34)18-32-14-6-5-7-15-32)19(2)33(23)22-10-8-21(29-3)9-11-22;1-16-22(21(26)15-24-13-5-2-6-14-24)19-7-3-4-8-20(19)25(16)18-11-9-17(23)10-12-18;22-15-8-10-16(11-9-15)24-18-7-3-2-6-17(18)20(21(24)26)19(25)14-23-12-4-1-5-13-23/h7-10,15,17,22H,4-6,11-14,16,18H2,1,3H3;8-11,16-17H,4-7,12-15,18H2,1-2H3,(H,30,35);3-4,7-12H,2,5-6,13-15,23H2,1H3;2-3,6-11,26H,1,4-5,12-14H2. The zero-order valence-electron chi connectivity index (χ0n) is 70.6. The minimum Gasteiger partial charge on any atom is -0.494 e. The first-order valence-electron chi connectivity index (χ1n) is 43.3. The van der Waals surface area contributed by atoms with E-state index in [4.69, 9.17) is 40.4 Å². The van der Waals surface area contributed by atoms with Gasteiger partial charge in [0.05, 0.1) is 101 Å². The van der Waals surface area contributed by atoms with E-state index in [1.807, 2.05) is 153 Å². The summed E-state index contributed by atoms with van der Waals surface area (Å²) in [5.41, 5.74) is 22.6. The van der Waals surface area contributed by atoms with E-state index in [9.17, 15) is 33.9 Å². The Balaban J connectivity index is 0.000000128. The number of likely N-dealkylation sites (N-methyl/N-ethyl adjacent to an activating group) is 2. The second-order valence-electron chi connectivity index (χ2n) is 33.5. The Kier molecular flexibility index (Phi) is 26.5. The largest absolute Gasteiger partial charge is 0.494 e. The van der Waals surface area contributed by atoms with Crippen LogP contribution in [0.1, 0.15) is 179 Å². The predicted molar refractivity (Wildman–Crippen MR) is 484 cm³/mol. The minimum atomic E-state index is -0.536. The second-order valence-corrected chi connectivity index (χ2v) is 33.9. The molecule has 6 fully saturated rings. The molecule has 4 N–H and O–H groups in total. The van der Waals surface area contributed by atoms with Gasteiger partial charge < -0.3 is 34.8 Å². The van der Waals surface area contributed by atoms with Gasteiger partial charge in [-0.05, 0) is 265 Å². The van der Waals surface area contributed by atoms with E-state index in [0.717, 1.165) is 212 Å². The number of amides is 2. The molecule has 0 atom stereocenters. The molecule has 0 spiro atoms. The van der Waals surface area contributed by atoms with Crippen LogP contribution < -0.4 is 11.1 Å². The highest BCUT2D eigenvalue weighted by molar-refractivity contribution is 6.30. The number of hydrogen-bond acceptors (Lipinski definition) is 14. The molecule has 2 aliphatic carbocycles. The van der Waals surface area contributed by atoms with Gasteiger partial charge >= 0.3 is 0 Å². The Morgan fingerprint density at radius 1 is 0.492 bits per heavy atom. The molecule has 6 aromatic carbocycles. The normalized spacial score (nSPS) is 16.2. The number of nitrogen functional groups attached to an aromatic ring is 1. The molecule has 2 saturated carbocycles. The Morgan fingerprint density at radius 2 is 0.869 bits per heavy atom. The molecule has 0 radical (unpaired) electrons. The molecule has 22 nitrogen and oxygen atoms in total. The van der Waals surface area contributed by atoms with Gasteiger partial charge in [-0.15, -0.1) is 0 Å². The van der Waals surface area contributed by atoms with Crippen molar-refractivity contribution in [2.75, 3.05) is 97.9 Å². The summed E-state index contributed by atoms with van der Waals surface area (Å²) in [6.07, 6.45) is 21.7. The van der Waals surface area contributed by atoms with Crippen LogP contribution in [-0.2, 0) is 21.4 Å². The number of aromatic hydroxyl groups is 1. The molecule has 0 bridgehead atoms. The van der Waals surface area contributed by atoms with E-state index in [0.29, 0.717) is 82.9 Å². The first-order chi connectivity index (χ1) is 59.2. The number of Topliss-reactive ketones (excluding diaryl/α,β-unsaturated/α-hetero) is 4. The quantitative estimate of drug-likeness (QED) is 0.0326. The molecule has 122 heavy (non-hydrogen) atoms. The third-order valence-electron chi connectivity index (χ3n) is 25.1. The van der Waals surface area contributed by atoms with Gasteiger partial charge in [0.2, 0.25) is 17.7 Å². The number of carbonyl (C=O) groups excluding carboxylic acids is 6. The third-order valence-corrected chi connectivity index (χ3v) is 25.4. The average Bonchev–Trinajstić information content (AvgIpc) is 1.51. The fourth-order valence-corrected chi connectivity index (χ4v) is 18.5. The summed E-state index contributed by atoms with van der Waals surface area (Å²) in [6.45, 7) is 32.4. The van der Waals surface area contributed by atoms with Gasteiger partial charge in [0.1, 0.15) is 0 Å². The number of para-hydroxylation sites is 2. The number of fused-ring (bicyclic) bond motifs is 4. The van der Waals surface area contributed by atoms with Crippen molar-refractivity contribution >= 4 is 107 Å². The molecular formula is C99H108ClN15O7. The SMILES string of the molecule is Cc1c(C(=O)CN2CCCCC2)c2ccccc2n1-c1ccc(N)cc1.O=C(CN1CCCCC1)c1c(O)n(-c2ccc(Cl)cc2)c2ccccc12.[C-]#[N+]c1ccc(-n2c(C)c(C(=O)CN3CCCCC3)c3ncc(C4(C(=O)NCC)CC4)cc32)cc1.[C-]#[N+]c1ccc(-n2c(C)c(C(=O)CN3CCCCC3)c3ncc(CC(=O)N(C)C4CC4)cc32)cc1. The molecule has 10 heterocycles. The number of anilines is 1. The van der Waals surface area contributed by atoms with Gasteiger partial charge in [0.15, 0.2) is 34.5 Å². The molecule has 4 saturated heterocycles. The fraction of sp³-hybridized carbons (Fsp3) is 0.374. The average molecular weight is 1660 g/mol. The summed E-state index contributed by atoms with van der Waals surface area (Å²) < 4.78 is 7.97. The van der Waals surface area contributed by atoms with Crippen LogP contribution >= 0.6 is 11.6 Å². The molecule has 4 aliphatic heterocycles. The van der Waals surface area contributed by atoms with Gasteiger partial charge in [-0.3, -0.25) is 62.9 Å². The number of aromatic nitrogens is 6. The number of ketones is 4. The first-order valence-corrected chi connectivity index (χ1v) is 43.7. The van der Waals surface area contributed by atoms with Crippen molar-refractivity contribution in [1.82, 2.24) is 58.1 Å². The van der Waals surface area contributed by atoms with Crippen LogP contribution in [0.25, 0.3) is 76.3 Å². The van der Waals surface area contributed by atoms with Gasteiger partial charge in [0, 0.05) is 98.9 Å². The Hall–Kier alpha value is -11.9. The highest BCUT2D eigenvalue weighted by Gasteiger charge is 2.52. The third kappa shape index (κ3) is 18.5. The van der Waals surface area contributed by atoms with E-state index < -0.39 is 5.41 Å². The van der Waals surface area contributed by atoms with Crippen molar-refractivity contribution in [3.8, 4) is 28.6 Å². The van der Waals surface area contributed by atoms with E-state index in [2.05, 4.69) is 55.9 Å². The van der Waals surface area contributed by atoms with Crippen molar-refractivity contribution in [1.29, 1.82) is 0 Å². The minimum absolute atomic E-state index is 0.00414. The first kappa shape index (κ1) is 85.1. The topological polar surface area (TPSA) is 231 Å². The summed E-state index contributed by atoms with van der Waals surface area (Å²) in [5.74, 6) is 0.468. The molecule has 0 unspecified atom stereocenters. The highest BCUT2D eigenvalue weighted by Crippen LogP contribution is 2.49. The number of carbonyl (C=O) groups is 6. The van der Waals surface area contributed by atoms with Crippen molar-refractivity contribution in [3.05, 3.63) is 248 Å². The number of rotatable bonds is 22. The van der Waals surface area contributed by atoms with Crippen LogP contribution in [0.4, 0.5) is 17.1 Å². The number of piperidine rings is 4. The van der Waals surface area contributed by atoms with E-state index in [-0.39, 0.29) is 47.2 Å². The maximum atomic E-state index is 13.6. The van der Waals surface area contributed by atoms with Crippen LogP contribution in [0.2, 0.25) is 5.02 Å². The Labute approximate surface area is 718 Å². The number of hydrogen-bond donors (Lipinski definition) is 3. The maximum absolute atomic E-state index is 13.6. The summed E-state index contributed by atoms with van der Waals surface area (Å²) in [7, 11) is 1.87. The lowest BCUT2D eigenvalue weighted by atomic mass is 9.96. The molecule has 628 valence electrons. The number of nitrogens with two attached hydrogens (primary N) is 1. The number of nitrogens with zero attached hydrogens (tertiary/aromatic N) is 13. The molecule has 12 aromatic rings. The number of benzene rings is 6. The van der Waals surface area contributed by atoms with Crippen LogP contribution in [0.5, 0.6) is 5.88 Å². The second kappa shape index (κ2) is 38.0. The number of halogens is 1. The van der Waals surface area contributed by atoms with Crippen molar-refractivity contribution in [3.63, 3.8) is 0 Å². The fourth-order valence-electron chi connectivity index (χ4n) is 18.3. The Morgan fingerprint density at radius 3 is 1.31 bits per heavy atom. The molecule has 23 heteroatoms. The highest BCUT2D eigenvalue weighted by atomic mass is 35.5. The summed E-state index contributed by atoms with van der Waals surface area (Å²) in [5, 5.41) is 16.3. The van der Waals surface area contributed by atoms with Crippen molar-refractivity contribution in [2.45, 2.75) is 148 Å². The monoisotopic (exact) mass is 1650 g/mol. The maximum Gasteiger partial charge on any atom is 0.230 e. The summed E-state index contributed by atoms with van der Waals surface area (Å²) >= 11 is 5.99. The lowest BCUT2D eigenvalue weighted by Gasteiger charge is -2.25. The predicted octanol–water partition coefficient (Wildman–Crippen LogP) is 18.3. The van der Waals surface area contributed by atoms with Crippen molar-refractivity contribution < 1.29 is 33.9 Å². The van der Waals surface area contributed by atoms with E-state index in [1.54, 1.807) is 53.4 Å². The van der Waals surface area contributed by atoms with E-state index >= 15 is 0 Å². The van der Waals surface area contributed by atoms with Crippen LogP contribution in [0.3, 0.4) is 0 Å². The van der Waals surface area contributed by atoms with Gasteiger partial charge in [0.25, 0.3) is 0 Å². The summed E-state index contributed by atoms with van der Waals surface area (Å²) in [6, 6.07) is 50.0. The van der Waals surface area contributed by atoms with Crippen LogP contribution in [-0.4, -0.2) is 191 Å². The lowest BCUT2D eigenvalue weighted by Crippen LogP contribution is -2.34. The molecule has 6 aromatic heterocycles.